The van der Waals surface area contributed by atoms with Gasteiger partial charge in [0.05, 0.1) is 12.7 Å². The van der Waals surface area contributed by atoms with E-state index in [-0.39, 0.29) is 5.54 Å². The minimum Gasteiger partial charge on any atom is -0.384 e. The lowest BCUT2D eigenvalue weighted by atomic mass is 9.85. The van der Waals surface area contributed by atoms with Crippen molar-refractivity contribution in [3.8, 4) is 6.07 Å². The van der Waals surface area contributed by atoms with E-state index in [9.17, 15) is 5.26 Å². The molecule has 0 amide bonds. The topological polar surface area (TPSA) is 48.3 Å². The van der Waals surface area contributed by atoms with Crippen LogP contribution in [0.2, 0.25) is 0 Å². The zero-order valence-corrected chi connectivity index (χ0v) is 13.7. The Kier molecular flexibility index (Phi) is 6.47. The number of likely N-dealkylation sites (tertiary alicyclic amines) is 1. The fourth-order valence-electron chi connectivity index (χ4n) is 4.27. The summed E-state index contributed by atoms with van der Waals surface area (Å²) in [6.45, 7) is 7.41. The van der Waals surface area contributed by atoms with E-state index in [1.54, 1.807) is 7.11 Å². The van der Waals surface area contributed by atoms with Gasteiger partial charge < -0.3 is 9.64 Å². The van der Waals surface area contributed by atoms with Crippen molar-refractivity contribution in [3.05, 3.63) is 0 Å². The molecule has 1 heterocycles. The zero-order chi connectivity index (χ0) is 15.1. The van der Waals surface area contributed by atoms with Crippen LogP contribution in [0.15, 0.2) is 0 Å². The molecule has 1 saturated heterocycles. The first-order valence-corrected chi connectivity index (χ1v) is 8.61. The molecule has 0 radical (unpaired) electrons. The van der Waals surface area contributed by atoms with Gasteiger partial charge in [0, 0.05) is 13.7 Å². The Balaban J connectivity index is 1.83. The molecule has 0 spiro atoms. The molecule has 2 fully saturated rings. The minimum atomic E-state index is -0.254. The van der Waals surface area contributed by atoms with Gasteiger partial charge in [0.15, 0.2) is 0 Å². The number of nitrogens with one attached hydrogen (secondary N) is 1. The van der Waals surface area contributed by atoms with Crippen LogP contribution >= 0.6 is 0 Å². The second kappa shape index (κ2) is 8.12. The highest BCUT2D eigenvalue weighted by Gasteiger charge is 2.42. The highest BCUT2D eigenvalue weighted by atomic mass is 16.5. The van der Waals surface area contributed by atoms with Crippen LogP contribution in [0.3, 0.4) is 0 Å². The Morgan fingerprint density at radius 3 is 2.95 bits per heavy atom. The summed E-state index contributed by atoms with van der Waals surface area (Å²) in [6.07, 6.45) is 7.16. The van der Waals surface area contributed by atoms with Crippen molar-refractivity contribution in [2.75, 3.05) is 39.9 Å². The van der Waals surface area contributed by atoms with Crippen LogP contribution < -0.4 is 5.32 Å². The highest BCUT2D eigenvalue weighted by Crippen LogP contribution is 2.37. The summed E-state index contributed by atoms with van der Waals surface area (Å²) >= 11 is 0. The number of nitrogens with zero attached hydrogens (tertiary/aromatic N) is 2. The summed E-state index contributed by atoms with van der Waals surface area (Å²) < 4.78 is 5.31. The zero-order valence-electron chi connectivity index (χ0n) is 13.7. The molecule has 1 N–H and O–H groups in total. The van der Waals surface area contributed by atoms with E-state index in [2.05, 4.69) is 23.2 Å². The third-order valence-electron chi connectivity index (χ3n) is 5.31. The molecule has 0 bridgehead atoms. The van der Waals surface area contributed by atoms with Crippen LogP contribution in [-0.2, 0) is 4.74 Å². The van der Waals surface area contributed by atoms with Crippen molar-refractivity contribution >= 4 is 0 Å². The SMILES string of the molecule is CCNC1(C#N)CCCC1CCN1CCCC(COC)C1. The van der Waals surface area contributed by atoms with Crippen molar-refractivity contribution in [2.24, 2.45) is 11.8 Å². The molecule has 0 aromatic rings. The van der Waals surface area contributed by atoms with Crippen LogP contribution in [0.5, 0.6) is 0 Å². The van der Waals surface area contributed by atoms with Gasteiger partial charge in [-0.25, -0.2) is 0 Å². The molecule has 4 nitrogen and oxygen atoms in total. The summed E-state index contributed by atoms with van der Waals surface area (Å²) in [6, 6.07) is 2.60. The van der Waals surface area contributed by atoms with Crippen molar-refractivity contribution in [3.63, 3.8) is 0 Å². The predicted octanol–water partition coefficient (Wildman–Crippen LogP) is 2.41. The Labute approximate surface area is 129 Å². The van der Waals surface area contributed by atoms with Crippen molar-refractivity contribution in [2.45, 2.75) is 51.0 Å². The van der Waals surface area contributed by atoms with Gasteiger partial charge in [-0.1, -0.05) is 13.3 Å². The fraction of sp³-hybridized carbons (Fsp3) is 0.941. The lowest BCUT2D eigenvalue weighted by Gasteiger charge is -2.35. The van der Waals surface area contributed by atoms with E-state index >= 15 is 0 Å². The maximum absolute atomic E-state index is 9.62. The molecule has 0 aromatic carbocycles. The normalized spacial score (nSPS) is 34.0. The number of piperidine rings is 1. The number of hydrogen-bond donors (Lipinski definition) is 1. The standard InChI is InChI=1S/C17H31N3O/c1-3-19-17(14-18)9-4-7-16(17)8-11-20-10-5-6-15(12-20)13-21-2/h15-16,19H,3-13H2,1-2H3. The molecule has 2 aliphatic rings. The molecule has 3 unspecified atom stereocenters. The molecule has 120 valence electrons. The lowest BCUT2D eigenvalue weighted by molar-refractivity contribution is 0.0861. The summed E-state index contributed by atoms with van der Waals surface area (Å²) in [4.78, 5) is 2.58. The van der Waals surface area contributed by atoms with Crippen molar-refractivity contribution in [1.29, 1.82) is 5.26 Å². The molecule has 1 aliphatic carbocycles. The molecular weight excluding hydrogens is 262 g/mol. The third kappa shape index (κ3) is 4.18. The Hall–Kier alpha value is -0.630. The van der Waals surface area contributed by atoms with E-state index < -0.39 is 0 Å². The predicted molar refractivity (Wildman–Crippen MR) is 85.0 cm³/mol. The highest BCUT2D eigenvalue weighted by molar-refractivity contribution is 5.14. The van der Waals surface area contributed by atoms with E-state index in [0.717, 1.165) is 32.5 Å². The lowest BCUT2D eigenvalue weighted by Crippen LogP contribution is -2.48. The van der Waals surface area contributed by atoms with Gasteiger partial charge in [-0.05, 0) is 63.6 Å². The van der Waals surface area contributed by atoms with Crippen LogP contribution in [0.1, 0.15) is 45.4 Å². The summed E-state index contributed by atoms with van der Waals surface area (Å²) in [5, 5.41) is 13.1. The van der Waals surface area contributed by atoms with Gasteiger partial charge in [0.1, 0.15) is 5.54 Å². The van der Waals surface area contributed by atoms with Crippen molar-refractivity contribution < 1.29 is 4.74 Å². The van der Waals surface area contributed by atoms with Gasteiger partial charge in [-0.15, -0.1) is 0 Å². The second-order valence-electron chi connectivity index (χ2n) is 6.76. The van der Waals surface area contributed by atoms with Gasteiger partial charge in [0.2, 0.25) is 0 Å². The minimum absolute atomic E-state index is 0.254. The van der Waals surface area contributed by atoms with E-state index in [0.29, 0.717) is 11.8 Å². The smallest absolute Gasteiger partial charge is 0.109 e. The number of ether oxygens (including phenoxy) is 1. The summed E-state index contributed by atoms with van der Waals surface area (Å²) in [7, 11) is 1.80. The largest absolute Gasteiger partial charge is 0.384 e. The number of methoxy groups -OCH3 is 1. The van der Waals surface area contributed by atoms with Crippen LogP contribution in [0.4, 0.5) is 0 Å². The Morgan fingerprint density at radius 1 is 1.38 bits per heavy atom. The Bertz CT molecular complexity index is 352. The van der Waals surface area contributed by atoms with Gasteiger partial charge in [0.25, 0.3) is 0 Å². The molecule has 0 aromatic heterocycles. The summed E-state index contributed by atoms with van der Waals surface area (Å²) in [5.41, 5.74) is -0.254. The van der Waals surface area contributed by atoms with Gasteiger partial charge in [-0.2, -0.15) is 5.26 Å². The fourth-order valence-corrected chi connectivity index (χ4v) is 4.27. The van der Waals surface area contributed by atoms with Gasteiger partial charge >= 0.3 is 0 Å². The monoisotopic (exact) mass is 293 g/mol. The average molecular weight is 293 g/mol. The van der Waals surface area contributed by atoms with Gasteiger partial charge in [-0.3, -0.25) is 5.32 Å². The first kappa shape index (κ1) is 16.7. The Morgan fingerprint density at radius 2 is 2.24 bits per heavy atom. The third-order valence-corrected chi connectivity index (χ3v) is 5.31. The van der Waals surface area contributed by atoms with Crippen molar-refractivity contribution in [1.82, 2.24) is 10.2 Å². The quantitative estimate of drug-likeness (QED) is 0.783. The molecule has 1 saturated carbocycles. The van der Waals surface area contributed by atoms with Crippen LogP contribution in [0, 0.1) is 23.2 Å². The molecule has 3 atom stereocenters. The maximum Gasteiger partial charge on any atom is 0.109 e. The van der Waals surface area contributed by atoms with E-state index in [4.69, 9.17) is 4.74 Å². The molecule has 4 heteroatoms. The average Bonchev–Trinajstić information content (AvgIpc) is 2.90. The molecule has 21 heavy (non-hydrogen) atoms. The van der Waals surface area contributed by atoms with E-state index in [1.165, 1.54) is 38.8 Å². The molecule has 1 aliphatic heterocycles. The number of hydrogen-bond acceptors (Lipinski definition) is 4. The molecular formula is C17H31N3O. The first-order chi connectivity index (χ1) is 10.2. The second-order valence-corrected chi connectivity index (χ2v) is 6.76. The molecule has 2 rings (SSSR count). The van der Waals surface area contributed by atoms with Crippen LogP contribution in [-0.4, -0.2) is 50.3 Å². The van der Waals surface area contributed by atoms with Crippen LogP contribution in [0.25, 0.3) is 0 Å². The summed E-state index contributed by atoms with van der Waals surface area (Å²) in [5.74, 6) is 1.21. The maximum atomic E-state index is 9.62. The number of nitriles is 1. The first-order valence-electron chi connectivity index (χ1n) is 8.61. The number of rotatable bonds is 7. The van der Waals surface area contributed by atoms with E-state index in [1.807, 2.05) is 0 Å².